The summed E-state index contributed by atoms with van der Waals surface area (Å²) in [6.07, 6.45) is 1.84. The van der Waals surface area contributed by atoms with Crippen molar-refractivity contribution in [3.8, 4) is 5.88 Å². The Balaban J connectivity index is 2.48. The monoisotopic (exact) mass is 286 g/mol. The van der Waals surface area contributed by atoms with E-state index in [0.717, 1.165) is 5.56 Å². The van der Waals surface area contributed by atoms with E-state index in [4.69, 9.17) is 21.1 Å². The Labute approximate surface area is 120 Å². The summed E-state index contributed by atoms with van der Waals surface area (Å²) in [7, 11) is 0. The van der Waals surface area contributed by atoms with E-state index in [1.807, 2.05) is 19.9 Å². The van der Waals surface area contributed by atoms with Crippen molar-refractivity contribution in [3.05, 3.63) is 22.8 Å². The highest BCUT2D eigenvalue weighted by Gasteiger charge is 2.05. The van der Waals surface area contributed by atoms with Crippen molar-refractivity contribution in [2.75, 3.05) is 13.2 Å². The van der Waals surface area contributed by atoms with Crippen LogP contribution in [0.1, 0.15) is 33.3 Å². The molecule has 1 aromatic heterocycles. The Bertz CT molecular complexity index is 384. The third-order valence-electron chi connectivity index (χ3n) is 2.39. The fraction of sp³-hybridized carbons (Fsp3) is 0.643. The lowest BCUT2D eigenvalue weighted by atomic mass is 10.2. The van der Waals surface area contributed by atoms with Gasteiger partial charge in [-0.3, -0.25) is 0 Å². The van der Waals surface area contributed by atoms with Crippen LogP contribution in [0.2, 0.25) is 5.02 Å². The van der Waals surface area contributed by atoms with Gasteiger partial charge in [-0.2, -0.15) is 0 Å². The predicted octanol–water partition coefficient (Wildman–Crippen LogP) is 3.04. The summed E-state index contributed by atoms with van der Waals surface area (Å²) in [6, 6.07) is 2.28. The van der Waals surface area contributed by atoms with Gasteiger partial charge in [0.05, 0.1) is 17.7 Å². The Morgan fingerprint density at radius 1 is 1.26 bits per heavy atom. The summed E-state index contributed by atoms with van der Waals surface area (Å²) in [5.41, 5.74) is 0.991. The van der Waals surface area contributed by atoms with Gasteiger partial charge in [0, 0.05) is 24.8 Å². The van der Waals surface area contributed by atoms with Gasteiger partial charge in [0.2, 0.25) is 5.88 Å². The first kappa shape index (κ1) is 16.2. The van der Waals surface area contributed by atoms with Crippen LogP contribution < -0.4 is 10.1 Å². The first-order valence-corrected chi connectivity index (χ1v) is 6.99. The maximum absolute atomic E-state index is 6.10. The zero-order chi connectivity index (χ0) is 14.3. The Morgan fingerprint density at radius 2 is 2.00 bits per heavy atom. The van der Waals surface area contributed by atoms with Gasteiger partial charge in [-0.15, -0.1) is 0 Å². The normalized spacial score (nSPS) is 11.3. The van der Waals surface area contributed by atoms with Crippen molar-refractivity contribution < 1.29 is 9.47 Å². The lowest BCUT2D eigenvalue weighted by Crippen LogP contribution is -2.22. The quantitative estimate of drug-likeness (QED) is 0.746. The lowest BCUT2D eigenvalue weighted by molar-refractivity contribution is 0.0542. The highest BCUT2D eigenvalue weighted by atomic mass is 35.5. The maximum Gasteiger partial charge on any atom is 0.213 e. The molecule has 0 fully saturated rings. The highest BCUT2D eigenvalue weighted by molar-refractivity contribution is 6.31. The van der Waals surface area contributed by atoms with Crippen LogP contribution in [0, 0.1) is 0 Å². The summed E-state index contributed by atoms with van der Waals surface area (Å²) in [6.45, 7) is 9.93. The number of hydrogen-bond donors (Lipinski definition) is 1. The molecular formula is C14H23ClN2O2. The molecule has 0 atom stereocenters. The van der Waals surface area contributed by atoms with Gasteiger partial charge in [0.25, 0.3) is 0 Å². The fourth-order valence-electron chi connectivity index (χ4n) is 1.42. The molecule has 0 aliphatic carbocycles. The van der Waals surface area contributed by atoms with E-state index in [2.05, 4.69) is 24.1 Å². The summed E-state index contributed by atoms with van der Waals surface area (Å²) in [5, 5.41) is 3.97. The molecule has 1 aromatic rings. The number of halogens is 1. The minimum absolute atomic E-state index is 0.215. The van der Waals surface area contributed by atoms with E-state index in [-0.39, 0.29) is 6.10 Å². The summed E-state index contributed by atoms with van der Waals surface area (Å²) in [5.74, 6) is 0.581. The molecule has 0 saturated heterocycles. The van der Waals surface area contributed by atoms with E-state index in [9.17, 15) is 0 Å². The van der Waals surface area contributed by atoms with Crippen LogP contribution in [-0.2, 0) is 11.3 Å². The second-order valence-corrected chi connectivity index (χ2v) is 5.32. The van der Waals surface area contributed by atoms with E-state index in [1.165, 1.54) is 0 Å². The second-order valence-electron chi connectivity index (χ2n) is 4.92. The van der Waals surface area contributed by atoms with Crippen molar-refractivity contribution >= 4 is 11.6 Å². The molecule has 0 aliphatic heterocycles. The molecular weight excluding hydrogens is 264 g/mol. The molecule has 1 heterocycles. The maximum atomic E-state index is 6.10. The number of rotatable bonds is 8. The van der Waals surface area contributed by atoms with Gasteiger partial charge in [0.15, 0.2) is 0 Å². The second kappa shape index (κ2) is 8.35. The Morgan fingerprint density at radius 3 is 2.63 bits per heavy atom. The number of ether oxygens (including phenoxy) is 2. The van der Waals surface area contributed by atoms with Crippen LogP contribution in [0.15, 0.2) is 12.3 Å². The molecule has 5 heteroatoms. The van der Waals surface area contributed by atoms with Crippen molar-refractivity contribution in [1.29, 1.82) is 0 Å². The van der Waals surface area contributed by atoms with Crippen LogP contribution in [0.25, 0.3) is 0 Å². The number of nitrogens with zero attached hydrogens (tertiary/aromatic N) is 1. The summed E-state index contributed by atoms with van der Waals surface area (Å²) >= 11 is 6.10. The zero-order valence-electron chi connectivity index (χ0n) is 12.1. The average Bonchev–Trinajstić information content (AvgIpc) is 2.34. The molecule has 0 aliphatic rings. The van der Waals surface area contributed by atoms with Crippen molar-refractivity contribution in [2.24, 2.45) is 0 Å². The van der Waals surface area contributed by atoms with Gasteiger partial charge in [-0.05, 0) is 19.4 Å². The Hall–Kier alpha value is -0.840. The van der Waals surface area contributed by atoms with E-state index < -0.39 is 0 Å². The summed E-state index contributed by atoms with van der Waals surface area (Å²) in [4.78, 5) is 4.15. The first-order valence-electron chi connectivity index (χ1n) is 6.61. The number of aromatic nitrogens is 1. The van der Waals surface area contributed by atoms with Crippen molar-refractivity contribution in [3.63, 3.8) is 0 Å². The predicted molar refractivity (Wildman–Crippen MR) is 77.8 cm³/mol. The van der Waals surface area contributed by atoms with E-state index in [0.29, 0.717) is 36.7 Å². The molecule has 19 heavy (non-hydrogen) atoms. The topological polar surface area (TPSA) is 43.4 Å². The van der Waals surface area contributed by atoms with Crippen LogP contribution in [-0.4, -0.2) is 30.3 Å². The lowest BCUT2D eigenvalue weighted by Gasteiger charge is -2.12. The fourth-order valence-corrected chi connectivity index (χ4v) is 1.59. The molecule has 0 spiro atoms. The molecule has 0 radical (unpaired) electrons. The van der Waals surface area contributed by atoms with Gasteiger partial charge in [-0.1, -0.05) is 25.4 Å². The van der Waals surface area contributed by atoms with E-state index in [1.54, 1.807) is 6.20 Å². The van der Waals surface area contributed by atoms with E-state index >= 15 is 0 Å². The third-order valence-corrected chi connectivity index (χ3v) is 2.74. The average molecular weight is 287 g/mol. The molecule has 0 bridgehead atoms. The standard InChI is InChI=1S/C14H23ClN2O2/c1-10(2)16-8-12-7-14(17-9-13(12)15)19-6-5-18-11(3)4/h7,9-11,16H,5-6,8H2,1-4H3. The van der Waals surface area contributed by atoms with Crippen molar-refractivity contribution in [2.45, 2.75) is 46.4 Å². The minimum atomic E-state index is 0.215. The molecule has 4 nitrogen and oxygen atoms in total. The van der Waals surface area contributed by atoms with Crippen LogP contribution in [0.3, 0.4) is 0 Å². The van der Waals surface area contributed by atoms with Crippen molar-refractivity contribution in [1.82, 2.24) is 10.3 Å². The van der Waals surface area contributed by atoms with Crippen LogP contribution in [0.5, 0.6) is 5.88 Å². The van der Waals surface area contributed by atoms with Crippen LogP contribution in [0.4, 0.5) is 0 Å². The Kier molecular flexibility index (Phi) is 7.13. The number of pyridine rings is 1. The molecule has 0 amide bonds. The summed E-state index contributed by atoms with van der Waals surface area (Å²) < 4.78 is 10.9. The zero-order valence-corrected chi connectivity index (χ0v) is 12.8. The van der Waals surface area contributed by atoms with Crippen LogP contribution >= 0.6 is 11.6 Å². The third kappa shape index (κ3) is 6.76. The number of nitrogens with one attached hydrogen (secondary N) is 1. The molecule has 0 unspecified atom stereocenters. The van der Waals surface area contributed by atoms with Gasteiger partial charge in [0.1, 0.15) is 6.61 Å². The number of hydrogen-bond acceptors (Lipinski definition) is 4. The van der Waals surface area contributed by atoms with Gasteiger partial charge < -0.3 is 14.8 Å². The molecule has 0 saturated carbocycles. The molecule has 1 N–H and O–H groups in total. The van der Waals surface area contributed by atoms with Gasteiger partial charge >= 0.3 is 0 Å². The van der Waals surface area contributed by atoms with Gasteiger partial charge in [-0.25, -0.2) is 4.98 Å². The SMILES string of the molecule is CC(C)NCc1cc(OCCOC(C)C)ncc1Cl. The molecule has 108 valence electrons. The minimum Gasteiger partial charge on any atom is -0.475 e. The molecule has 0 aromatic carbocycles. The molecule has 1 rings (SSSR count). The largest absolute Gasteiger partial charge is 0.475 e. The first-order chi connectivity index (χ1) is 8.99. The smallest absolute Gasteiger partial charge is 0.213 e. The highest BCUT2D eigenvalue weighted by Crippen LogP contribution is 2.19.